The monoisotopic (exact) mass is 158 g/mol. The fourth-order valence-corrected chi connectivity index (χ4v) is 1.62. The van der Waals surface area contributed by atoms with E-state index in [-0.39, 0.29) is 6.10 Å². The summed E-state index contributed by atoms with van der Waals surface area (Å²) < 4.78 is 5.29. The van der Waals surface area contributed by atoms with E-state index in [1.54, 1.807) is 0 Å². The molecule has 0 aromatic carbocycles. The van der Waals surface area contributed by atoms with Gasteiger partial charge in [-0.05, 0) is 18.8 Å². The number of ether oxygens (including phenoxy) is 1. The Morgan fingerprint density at radius 1 is 1.55 bits per heavy atom. The lowest BCUT2D eigenvalue weighted by molar-refractivity contribution is -0.0421. The summed E-state index contributed by atoms with van der Waals surface area (Å²) in [5.41, 5.74) is 0. The standard InChI is InChI=1S/C9H18O2/c1-7(2)5-8-6-11-4-3-9(8)10/h7-10H,3-6H2,1-2H3. The summed E-state index contributed by atoms with van der Waals surface area (Å²) in [4.78, 5) is 0. The van der Waals surface area contributed by atoms with Gasteiger partial charge in [-0.3, -0.25) is 0 Å². The second-order valence-corrected chi connectivity index (χ2v) is 3.82. The van der Waals surface area contributed by atoms with Crippen LogP contribution in [0.1, 0.15) is 26.7 Å². The van der Waals surface area contributed by atoms with Crippen LogP contribution in [0.3, 0.4) is 0 Å². The van der Waals surface area contributed by atoms with Gasteiger partial charge in [-0.2, -0.15) is 0 Å². The lowest BCUT2D eigenvalue weighted by atomic mass is 9.90. The van der Waals surface area contributed by atoms with Crippen molar-refractivity contribution in [3.8, 4) is 0 Å². The van der Waals surface area contributed by atoms with E-state index >= 15 is 0 Å². The third kappa shape index (κ3) is 2.80. The van der Waals surface area contributed by atoms with E-state index in [1.807, 2.05) is 0 Å². The Balaban J connectivity index is 2.29. The Morgan fingerprint density at radius 3 is 2.82 bits per heavy atom. The average Bonchev–Trinajstić information content (AvgIpc) is 1.93. The molecular weight excluding hydrogens is 140 g/mol. The molecule has 66 valence electrons. The van der Waals surface area contributed by atoms with Gasteiger partial charge in [0.2, 0.25) is 0 Å². The summed E-state index contributed by atoms with van der Waals surface area (Å²) in [6.07, 6.45) is 1.78. The van der Waals surface area contributed by atoms with Crippen LogP contribution >= 0.6 is 0 Å². The second-order valence-electron chi connectivity index (χ2n) is 3.82. The van der Waals surface area contributed by atoms with Crippen molar-refractivity contribution in [3.63, 3.8) is 0 Å². The minimum atomic E-state index is -0.119. The van der Waals surface area contributed by atoms with E-state index in [0.717, 1.165) is 26.1 Å². The average molecular weight is 158 g/mol. The molecule has 1 fully saturated rings. The molecule has 2 atom stereocenters. The zero-order valence-corrected chi connectivity index (χ0v) is 7.42. The van der Waals surface area contributed by atoms with Gasteiger partial charge in [0.05, 0.1) is 12.7 Å². The fourth-order valence-electron chi connectivity index (χ4n) is 1.62. The van der Waals surface area contributed by atoms with Crippen LogP contribution in [0.4, 0.5) is 0 Å². The van der Waals surface area contributed by atoms with Crippen molar-refractivity contribution in [1.29, 1.82) is 0 Å². The summed E-state index contributed by atoms with van der Waals surface area (Å²) in [6, 6.07) is 0. The fraction of sp³-hybridized carbons (Fsp3) is 1.00. The molecule has 0 aromatic heterocycles. The maximum Gasteiger partial charge on any atom is 0.0612 e. The van der Waals surface area contributed by atoms with E-state index < -0.39 is 0 Å². The number of hydrogen-bond donors (Lipinski definition) is 1. The Hall–Kier alpha value is -0.0800. The Kier molecular flexibility index (Phi) is 3.34. The first-order valence-electron chi connectivity index (χ1n) is 4.46. The SMILES string of the molecule is CC(C)CC1COCCC1O. The molecule has 0 radical (unpaired) electrons. The van der Waals surface area contributed by atoms with Gasteiger partial charge in [0.15, 0.2) is 0 Å². The van der Waals surface area contributed by atoms with Crippen molar-refractivity contribution in [2.75, 3.05) is 13.2 Å². The largest absolute Gasteiger partial charge is 0.393 e. The normalized spacial score (nSPS) is 32.7. The second kappa shape index (κ2) is 4.07. The molecule has 11 heavy (non-hydrogen) atoms. The molecule has 0 amide bonds. The lowest BCUT2D eigenvalue weighted by Gasteiger charge is -2.28. The molecule has 1 aliphatic heterocycles. The molecule has 1 rings (SSSR count). The van der Waals surface area contributed by atoms with Crippen LogP contribution in [0.15, 0.2) is 0 Å². The molecule has 1 aliphatic rings. The van der Waals surface area contributed by atoms with Gasteiger partial charge in [-0.15, -0.1) is 0 Å². The summed E-state index contributed by atoms with van der Waals surface area (Å²) >= 11 is 0. The molecule has 0 aliphatic carbocycles. The van der Waals surface area contributed by atoms with Gasteiger partial charge in [0, 0.05) is 12.5 Å². The molecule has 2 heteroatoms. The first kappa shape index (κ1) is 9.01. The molecule has 1 saturated heterocycles. The first-order chi connectivity index (χ1) is 5.20. The van der Waals surface area contributed by atoms with Crippen LogP contribution in [-0.4, -0.2) is 24.4 Å². The highest BCUT2D eigenvalue weighted by molar-refractivity contribution is 4.73. The van der Waals surface area contributed by atoms with Gasteiger partial charge in [0.25, 0.3) is 0 Å². The van der Waals surface area contributed by atoms with Crippen molar-refractivity contribution in [3.05, 3.63) is 0 Å². The van der Waals surface area contributed by atoms with Crippen molar-refractivity contribution >= 4 is 0 Å². The van der Waals surface area contributed by atoms with Gasteiger partial charge < -0.3 is 9.84 Å². The molecule has 1 heterocycles. The van der Waals surface area contributed by atoms with Crippen LogP contribution in [0.2, 0.25) is 0 Å². The third-order valence-corrected chi connectivity index (χ3v) is 2.21. The van der Waals surface area contributed by atoms with Crippen LogP contribution in [-0.2, 0) is 4.74 Å². The van der Waals surface area contributed by atoms with E-state index in [2.05, 4.69) is 13.8 Å². The minimum absolute atomic E-state index is 0.119. The van der Waals surface area contributed by atoms with Gasteiger partial charge >= 0.3 is 0 Å². The summed E-state index contributed by atoms with van der Waals surface area (Å²) in [7, 11) is 0. The van der Waals surface area contributed by atoms with Crippen molar-refractivity contribution in [2.24, 2.45) is 11.8 Å². The maximum absolute atomic E-state index is 9.54. The molecule has 1 N–H and O–H groups in total. The van der Waals surface area contributed by atoms with Crippen molar-refractivity contribution < 1.29 is 9.84 Å². The predicted molar refractivity (Wildman–Crippen MR) is 44.4 cm³/mol. The van der Waals surface area contributed by atoms with Crippen LogP contribution in [0, 0.1) is 11.8 Å². The number of hydrogen-bond acceptors (Lipinski definition) is 2. The highest BCUT2D eigenvalue weighted by atomic mass is 16.5. The molecule has 0 saturated carbocycles. The van der Waals surface area contributed by atoms with Crippen LogP contribution in [0.25, 0.3) is 0 Å². The minimum Gasteiger partial charge on any atom is -0.393 e. The summed E-state index contributed by atoms with van der Waals surface area (Å²) in [5.74, 6) is 1.04. The van der Waals surface area contributed by atoms with Crippen molar-refractivity contribution in [2.45, 2.75) is 32.8 Å². The number of aliphatic hydroxyl groups excluding tert-OH is 1. The van der Waals surface area contributed by atoms with E-state index in [4.69, 9.17) is 4.74 Å². The molecule has 2 unspecified atom stereocenters. The van der Waals surface area contributed by atoms with Gasteiger partial charge in [0.1, 0.15) is 0 Å². The van der Waals surface area contributed by atoms with E-state index in [9.17, 15) is 5.11 Å². The molecule has 0 aromatic rings. The highest BCUT2D eigenvalue weighted by Crippen LogP contribution is 2.21. The predicted octanol–water partition coefficient (Wildman–Crippen LogP) is 1.43. The Labute approximate surface area is 68.6 Å². The van der Waals surface area contributed by atoms with Gasteiger partial charge in [-0.25, -0.2) is 0 Å². The zero-order chi connectivity index (χ0) is 8.27. The van der Waals surface area contributed by atoms with Gasteiger partial charge in [-0.1, -0.05) is 13.8 Å². The zero-order valence-electron chi connectivity index (χ0n) is 7.42. The first-order valence-corrected chi connectivity index (χ1v) is 4.46. The molecule has 2 nitrogen and oxygen atoms in total. The molecule has 0 spiro atoms. The van der Waals surface area contributed by atoms with E-state index in [1.165, 1.54) is 0 Å². The maximum atomic E-state index is 9.54. The summed E-state index contributed by atoms with van der Waals surface area (Å²) in [6.45, 7) is 5.85. The lowest BCUT2D eigenvalue weighted by Crippen LogP contribution is -2.32. The van der Waals surface area contributed by atoms with E-state index in [0.29, 0.717) is 11.8 Å². The molecule has 0 bridgehead atoms. The topological polar surface area (TPSA) is 29.5 Å². The van der Waals surface area contributed by atoms with Crippen LogP contribution < -0.4 is 0 Å². The smallest absolute Gasteiger partial charge is 0.0612 e. The Morgan fingerprint density at radius 2 is 2.27 bits per heavy atom. The Bertz CT molecular complexity index is 112. The number of rotatable bonds is 2. The molecular formula is C9H18O2. The third-order valence-electron chi connectivity index (χ3n) is 2.21. The number of aliphatic hydroxyl groups is 1. The highest BCUT2D eigenvalue weighted by Gasteiger charge is 2.23. The summed E-state index contributed by atoms with van der Waals surface area (Å²) in [5, 5.41) is 9.54. The van der Waals surface area contributed by atoms with Crippen LogP contribution in [0.5, 0.6) is 0 Å². The quantitative estimate of drug-likeness (QED) is 0.658. The van der Waals surface area contributed by atoms with Crippen molar-refractivity contribution in [1.82, 2.24) is 0 Å².